The third-order valence-electron chi connectivity index (χ3n) is 8.53. The van der Waals surface area contributed by atoms with E-state index in [-0.39, 0.29) is 23.4 Å². The van der Waals surface area contributed by atoms with Gasteiger partial charge in [-0.2, -0.15) is 5.26 Å². The fraction of sp³-hybridized carbons (Fsp3) is 0.281. The smallest absolute Gasteiger partial charge is 0.160 e. The Morgan fingerprint density at radius 2 is 1.76 bits per heavy atom. The lowest BCUT2D eigenvalue weighted by atomic mass is 9.54. The normalized spacial score (nSPS) is 24.3. The molecule has 6 heteroatoms. The molecule has 2 heterocycles. The zero-order chi connectivity index (χ0) is 26.4. The molecule has 1 unspecified atom stereocenters. The molecule has 1 saturated carbocycles. The van der Waals surface area contributed by atoms with Crippen molar-refractivity contribution in [3.8, 4) is 39.8 Å². The fourth-order valence-corrected chi connectivity index (χ4v) is 6.62. The Kier molecular flexibility index (Phi) is 5.87. The number of carbonyl (C=O) groups is 1. The number of aromatic nitrogens is 3. The first-order valence-corrected chi connectivity index (χ1v) is 13.0. The molecule has 188 valence electrons. The summed E-state index contributed by atoms with van der Waals surface area (Å²) in [4.78, 5) is 27.5. The molecule has 0 spiro atoms. The number of fused-ring (bicyclic) bond motifs is 3. The van der Waals surface area contributed by atoms with E-state index in [0.717, 1.165) is 34.4 Å². The van der Waals surface area contributed by atoms with Crippen LogP contribution in [0.25, 0.3) is 33.8 Å². The lowest BCUT2D eigenvalue weighted by Gasteiger charge is -2.49. The van der Waals surface area contributed by atoms with Gasteiger partial charge < -0.3 is 0 Å². The third kappa shape index (κ3) is 3.73. The molecule has 2 aliphatic rings. The molecule has 2 aromatic carbocycles. The van der Waals surface area contributed by atoms with Crippen molar-refractivity contribution in [1.29, 1.82) is 5.26 Å². The number of nitrogens with zero attached hydrogens (tertiary/aromatic N) is 4. The molecule has 0 saturated heterocycles. The highest BCUT2D eigenvalue weighted by Gasteiger charge is 2.53. The monoisotopic (exact) mass is 502 g/mol. The van der Waals surface area contributed by atoms with Gasteiger partial charge in [0.05, 0.1) is 17.5 Å². The minimum atomic E-state index is -0.687. The predicted molar refractivity (Wildman–Crippen MR) is 143 cm³/mol. The Balaban J connectivity index is 1.63. The van der Waals surface area contributed by atoms with Gasteiger partial charge in [-0.15, -0.1) is 0 Å². The van der Waals surface area contributed by atoms with Gasteiger partial charge in [0, 0.05) is 46.0 Å². The maximum atomic E-state index is 15.2. The van der Waals surface area contributed by atoms with Crippen molar-refractivity contribution < 1.29 is 9.18 Å². The van der Waals surface area contributed by atoms with E-state index < -0.39 is 11.3 Å². The maximum absolute atomic E-state index is 15.2. The summed E-state index contributed by atoms with van der Waals surface area (Å²) in [7, 11) is 0. The number of hydrogen-bond acceptors (Lipinski definition) is 5. The molecule has 0 amide bonds. The summed E-state index contributed by atoms with van der Waals surface area (Å²) in [6.07, 6.45) is 5.33. The predicted octanol–water partition coefficient (Wildman–Crippen LogP) is 6.58. The Bertz CT molecular complexity index is 1600. The molecule has 0 aliphatic heterocycles. The maximum Gasteiger partial charge on any atom is 0.160 e. The van der Waals surface area contributed by atoms with Crippen molar-refractivity contribution in [2.24, 2.45) is 17.8 Å². The Morgan fingerprint density at radius 3 is 2.53 bits per heavy atom. The van der Waals surface area contributed by atoms with Gasteiger partial charge in [0.2, 0.25) is 0 Å². The second-order valence-corrected chi connectivity index (χ2v) is 10.6. The van der Waals surface area contributed by atoms with Gasteiger partial charge in [-0.05, 0) is 48.9 Å². The summed E-state index contributed by atoms with van der Waals surface area (Å²) < 4.78 is 15.2. The summed E-state index contributed by atoms with van der Waals surface area (Å²) in [6.45, 7) is 4.06. The molecule has 2 aromatic heterocycles. The molecule has 6 rings (SSSR count). The van der Waals surface area contributed by atoms with Gasteiger partial charge in [0.1, 0.15) is 11.7 Å². The molecule has 1 fully saturated rings. The first kappa shape index (κ1) is 24.1. The molecular formula is C32H27FN4O. The number of benzene rings is 2. The van der Waals surface area contributed by atoms with Crippen molar-refractivity contribution in [2.45, 2.75) is 38.5 Å². The molecule has 38 heavy (non-hydrogen) atoms. The Labute approximate surface area is 221 Å². The zero-order valence-electron chi connectivity index (χ0n) is 21.4. The first-order chi connectivity index (χ1) is 18.4. The van der Waals surface area contributed by atoms with Crippen LogP contribution in [0.3, 0.4) is 0 Å². The van der Waals surface area contributed by atoms with Gasteiger partial charge >= 0.3 is 0 Å². The van der Waals surface area contributed by atoms with Crippen LogP contribution in [-0.4, -0.2) is 20.7 Å². The van der Waals surface area contributed by atoms with E-state index in [1.165, 1.54) is 6.07 Å². The molecule has 2 aliphatic carbocycles. The summed E-state index contributed by atoms with van der Waals surface area (Å²) >= 11 is 0. The number of pyridine rings is 1. The summed E-state index contributed by atoms with van der Waals surface area (Å²) in [6, 6.07) is 20.8. The minimum Gasteiger partial charge on any atom is -0.298 e. The van der Waals surface area contributed by atoms with E-state index in [1.54, 1.807) is 24.5 Å². The number of carbonyl (C=O) groups excluding carboxylic acids is 1. The standard InChI is InChI=1S/C32H27FN4O/c1-19-26-13-12-24-28(23-10-6-7-11-27(23)33)36-31(37-30(24)32(26,2)16-21(17-34)29(19)38)22-14-15-35-18-25(22)20-8-4-3-5-9-20/h3-11,14-15,18-19,21,26H,12-13,16H2,1-2H3/t19-,21?,26-,32-/m1/s1. The van der Waals surface area contributed by atoms with Crippen molar-refractivity contribution in [3.63, 3.8) is 0 Å². The third-order valence-corrected chi connectivity index (χ3v) is 8.53. The SMILES string of the molecule is C[C@H]1C(=O)C(C#N)C[C@@]2(C)c3nc(-c4ccncc4-c4ccccc4)nc(-c4ccccc4F)c3CC[C@H]12. The molecule has 0 bridgehead atoms. The van der Waals surface area contributed by atoms with Crippen LogP contribution in [0.5, 0.6) is 0 Å². The highest BCUT2D eigenvalue weighted by molar-refractivity contribution is 5.87. The lowest BCUT2D eigenvalue weighted by molar-refractivity contribution is -0.132. The largest absolute Gasteiger partial charge is 0.298 e. The number of rotatable bonds is 3. The van der Waals surface area contributed by atoms with Crippen LogP contribution in [0.4, 0.5) is 4.39 Å². The lowest BCUT2D eigenvalue weighted by Crippen LogP contribution is -2.50. The molecule has 0 radical (unpaired) electrons. The van der Waals surface area contributed by atoms with Gasteiger partial charge in [-0.1, -0.05) is 56.3 Å². The number of hydrogen-bond donors (Lipinski definition) is 0. The number of ketones is 1. The van der Waals surface area contributed by atoms with Crippen LogP contribution in [0.1, 0.15) is 37.9 Å². The summed E-state index contributed by atoms with van der Waals surface area (Å²) in [5, 5.41) is 9.84. The van der Waals surface area contributed by atoms with Crippen LogP contribution in [-0.2, 0) is 16.6 Å². The van der Waals surface area contributed by atoms with E-state index in [9.17, 15) is 10.1 Å². The van der Waals surface area contributed by atoms with Crippen molar-refractivity contribution in [3.05, 3.63) is 90.1 Å². The van der Waals surface area contributed by atoms with E-state index >= 15 is 4.39 Å². The number of nitriles is 1. The average Bonchev–Trinajstić information content (AvgIpc) is 2.95. The van der Waals surface area contributed by atoms with E-state index in [4.69, 9.17) is 9.97 Å². The summed E-state index contributed by atoms with van der Waals surface area (Å²) in [5.74, 6) is -0.720. The molecule has 0 N–H and O–H groups in total. The fourth-order valence-electron chi connectivity index (χ4n) is 6.62. The quantitative estimate of drug-likeness (QED) is 0.316. The van der Waals surface area contributed by atoms with Gasteiger partial charge in [-0.3, -0.25) is 9.78 Å². The van der Waals surface area contributed by atoms with E-state index in [0.29, 0.717) is 29.9 Å². The molecule has 5 nitrogen and oxygen atoms in total. The highest BCUT2D eigenvalue weighted by Crippen LogP contribution is 2.53. The number of halogens is 1. The Morgan fingerprint density at radius 1 is 1.00 bits per heavy atom. The van der Waals surface area contributed by atoms with Crippen LogP contribution >= 0.6 is 0 Å². The van der Waals surface area contributed by atoms with Gasteiger partial charge in [-0.25, -0.2) is 14.4 Å². The number of Topliss-reactive ketones (excluding diaryl/α,β-unsaturated/α-hetero) is 1. The van der Waals surface area contributed by atoms with Crippen LogP contribution in [0, 0.1) is 34.9 Å². The van der Waals surface area contributed by atoms with Crippen LogP contribution in [0.2, 0.25) is 0 Å². The van der Waals surface area contributed by atoms with E-state index in [2.05, 4.69) is 18.0 Å². The summed E-state index contributed by atoms with van der Waals surface area (Å²) in [5.41, 5.74) is 4.90. The van der Waals surface area contributed by atoms with Crippen LogP contribution in [0.15, 0.2) is 73.1 Å². The molecule has 4 atom stereocenters. The second kappa shape index (κ2) is 9.25. The van der Waals surface area contributed by atoms with Gasteiger partial charge in [0.15, 0.2) is 11.6 Å². The van der Waals surface area contributed by atoms with Crippen molar-refractivity contribution in [1.82, 2.24) is 15.0 Å². The Hall–Kier alpha value is -4.24. The van der Waals surface area contributed by atoms with Crippen molar-refractivity contribution in [2.75, 3.05) is 0 Å². The first-order valence-electron chi connectivity index (χ1n) is 13.0. The second-order valence-electron chi connectivity index (χ2n) is 10.6. The molecular weight excluding hydrogens is 475 g/mol. The molecule has 4 aromatic rings. The average molecular weight is 503 g/mol. The van der Waals surface area contributed by atoms with Crippen LogP contribution < -0.4 is 0 Å². The van der Waals surface area contributed by atoms with E-state index in [1.807, 2.05) is 49.4 Å². The van der Waals surface area contributed by atoms with Gasteiger partial charge in [0.25, 0.3) is 0 Å². The minimum absolute atomic E-state index is 0.0162. The highest BCUT2D eigenvalue weighted by atomic mass is 19.1. The van der Waals surface area contributed by atoms with Crippen molar-refractivity contribution >= 4 is 5.78 Å². The topological polar surface area (TPSA) is 79.5 Å². The zero-order valence-corrected chi connectivity index (χ0v) is 21.4.